The van der Waals surface area contributed by atoms with Crippen molar-refractivity contribution in [3.8, 4) is 0 Å². The van der Waals surface area contributed by atoms with Crippen LogP contribution >= 0.6 is 0 Å². The molecule has 0 amide bonds. The number of hydrogen-bond donors (Lipinski definition) is 1. The van der Waals surface area contributed by atoms with Crippen LogP contribution in [0.5, 0.6) is 0 Å². The smallest absolute Gasteiger partial charge is 0.346 e. The van der Waals surface area contributed by atoms with E-state index in [1.807, 2.05) is 6.92 Å². The number of hydrogen-bond acceptors (Lipinski definition) is 5. The minimum atomic E-state index is -4.19. The van der Waals surface area contributed by atoms with Crippen LogP contribution in [0.25, 0.3) is 0 Å². The van der Waals surface area contributed by atoms with Crippen LogP contribution in [-0.4, -0.2) is 26.1 Å². The van der Waals surface area contributed by atoms with Crippen molar-refractivity contribution in [2.24, 2.45) is 0 Å². The van der Waals surface area contributed by atoms with E-state index in [0.717, 1.165) is 5.69 Å². The van der Waals surface area contributed by atoms with Crippen molar-refractivity contribution < 1.29 is 13.2 Å². The van der Waals surface area contributed by atoms with Crippen molar-refractivity contribution in [2.45, 2.75) is 32.0 Å². The molecule has 0 aromatic carbocycles. The highest BCUT2D eigenvalue weighted by Gasteiger charge is 2.26. The molecular formula is C13H14F3N5. The first kappa shape index (κ1) is 15.1. The van der Waals surface area contributed by atoms with Crippen LogP contribution in [0.4, 0.5) is 19.1 Å². The number of halogens is 3. The Morgan fingerprint density at radius 1 is 1.19 bits per heavy atom. The van der Waals surface area contributed by atoms with E-state index in [-0.39, 0.29) is 18.4 Å². The molecule has 2 aromatic rings. The summed E-state index contributed by atoms with van der Waals surface area (Å²) < 4.78 is 36.6. The molecule has 2 rings (SSSR count). The fourth-order valence-corrected chi connectivity index (χ4v) is 1.70. The summed E-state index contributed by atoms with van der Waals surface area (Å²) in [5, 5.41) is 3.00. The number of aromatic nitrogens is 4. The molecule has 2 aromatic heterocycles. The quantitative estimate of drug-likeness (QED) is 0.919. The van der Waals surface area contributed by atoms with Crippen LogP contribution in [0.2, 0.25) is 0 Å². The van der Waals surface area contributed by atoms with Crippen LogP contribution in [0, 0.1) is 0 Å². The minimum Gasteiger partial charge on any atom is -0.346 e. The van der Waals surface area contributed by atoms with Crippen molar-refractivity contribution >= 4 is 5.95 Å². The Bertz CT molecular complexity index is 574. The van der Waals surface area contributed by atoms with E-state index >= 15 is 0 Å². The lowest BCUT2D eigenvalue weighted by Crippen LogP contribution is -2.13. The summed E-state index contributed by atoms with van der Waals surface area (Å²) in [4.78, 5) is 16.0. The van der Waals surface area contributed by atoms with Crippen LogP contribution in [-0.2, 0) is 6.42 Å². The summed E-state index contributed by atoms with van der Waals surface area (Å²) in [5.74, 6) is 0.279. The Hall–Kier alpha value is -2.25. The molecule has 5 nitrogen and oxygen atoms in total. The first-order valence-electron chi connectivity index (χ1n) is 6.35. The van der Waals surface area contributed by atoms with Gasteiger partial charge in [0, 0.05) is 24.5 Å². The van der Waals surface area contributed by atoms with Crippen molar-refractivity contribution in [1.82, 2.24) is 19.9 Å². The molecule has 8 heteroatoms. The Labute approximate surface area is 119 Å². The summed E-state index contributed by atoms with van der Waals surface area (Å²) >= 11 is 0. The van der Waals surface area contributed by atoms with Gasteiger partial charge in [0.15, 0.2) is 0 Å². The molecule has 0 bridgehead atoms. The minimum absolute atomic E-state index is 0.164. The molecule has 0 aliphatic rings. The van der Waals surface area contributed by atoms with Gasteiger partial charge in [0.25, 0.3) is 0 Å². The number of alkyl halides is 3. The lowest BCUT2D eigenvalue weighted by molar-refractivity contribution is -0.134. The van der Waals surface area contributed by atoms with Gasteiger partial charge >= 0.3 is 6.18 Å². The highest BCUT2D eigenvalue weighted by Crippen LogP contribution is 2.22. The molecule has 0 radical (unpaired) electrons. The van der Waals surface area contributed by atoms with Gasteiger partial charge in [-0.15, -0.1) is 0 Å². The molecule has 1 atom stereocenters. The third kappa shape index (κ3) is 4.97. The van der Waals surface area contributed by atoms with Crippen molar-refractivity contribution in [1.29, 1.82) is 0 Å². The molecule has 1 unspecified atom stereocenters. The number of nitrogens with one attached hydrogen (secondary N) is 1. The zero-order chi connectivity index (χ0) is 15.3. The second kappa shape index (κ2) is 6.47. The lowest BCUT2D eigenvalue weighted by atomic mass is 10.2. The average molecular weight is 297 g/mol. The van der Waals surface area contributed by atoms with Crippen molar-refractivity contribution in [3.05, 3.63) is 42.2 Å². The molecular weight excluding hydrogens is 283 g/mol. The van der Waals surface area contributed by atoms with Gasteiger partial charge in [-0.3, -0.25) is 0 Å². The summed E-state index contributed by atoms with van der Waals surface area (Å²) in [6, 6.07) is 3.04. The Morgan fingerprint density at radius 3 is 2.67 bits per heavy atom. The third-order valence-electron chi connectivity index (χ3n) is 2.77. The number of nitrogens with zero attached hydrogens (tertiary/aromatic N) is 4. The fraction of sp³-hybridized carbons (Fsp3) is 0.385. The fourth-order valence-electron chi connectivity index (χ4n) is 1.70. The molecule has 0 aliphatic heterocycles. The predicted molar refractivity (Wildman–Crippen MR) is 70.5 cm³/mol. The summed E-state index contributed by atoms with van der Waals surface area (Å²) in [6.07, 6.45) is -0.775. The van der Waals surface area contributed by atoms with E-state index in [9.17, 15) is 13.2 Å². The Morgan fingerprint density at radius 2 is 2.00 bits per heavy atom. The van der Waals surface area contributed by atoms with E-state index in [0.29, 0.717) is 5.69 Å². The lowest BCUT2D eigenvalue weighted by Gasteiger charge is -2.13. The van der Waals surface area contributed by atoms with E-state index < -0.39 is 12.6 Å². The zero-order valence-corrected chi connectivity index (χ0v) is 11.3. The second-order valence-electron chi connectivity index (χ2n) is 4.49. The average Bonchev–Trinajstić information content (AvgIpc) is 2.46. The van der Waals surface area contributed by atoms with Gasteiger partial charge in [0.1, 0.15) is 6.33 Å². The van der Waals surface area contributed by atoms with Crippen LogP contribution in [0.15, 0.2) is 30.9 Å². The van der Waals surface area contributed by atoms with E-state index in [1.165, 1.54) is 18.6 Å². The molecule has 0 spiro atoms. The summed E-state index contributed by atoms with van der Waals surface area (Å²) in [7, 11) is 0. The molecule has 112 valence electrons. The maximum atomic E-state index is 12.2. The standard InChI is InChI=1S/C13H14F3N5/c1-9(11-4-6-17-8-19-11)20-12-18-7-3-10(21-12)2-5-13(14,15)16/h3-4,6-9H,2,5H2,1H3,(H,18,20,21). The monoisotopic (exact) mass is 297 g/mol. The van der Waals surface area contributed by atoms with Crippen LogP contribution in [0.1, 0.15) is 30.8 Å². The van der Waals surface area contributed by atoms with Gasteiger partial charge in [-0.1, -0.05) is 0 Å². The van der Waals surface area contributed by atoms with Gasteiger partial charge in [-0.05, 0) is 25.5 Å². The van der Waals surface area contributed by atoms with Gasteiger partial charge in [-0.2, -0.15) is 13.2 Å². The maximum absolute atomic E-state index is 12.2. The number of rotatable bonds is 5. The van der Waals surface area contributed by atoms with Gasteiger partial charge in [-0.25, -0.2) is 19.9 Å². The Balaban J connectivity index is 2.01. The molecule has 2 heterocycles. The van der Waals surface area contributed by atoms with Gasteiger partial charge < -0.3 is 5.32 Å². The maximum Gasteiger partial charge on any atom is 0.389 e. The second-order valence-corrected chi connectivity index (χ2v) is 4.49. The molecule has 0 fully saturated rings. The van der Waals surface area contributed by atoms with Gasteiger partial charge in [0.2, 0.25) is 5.95 Å². The summed E-state index contributed by atoms with van der Waals surface area (Å²) in [5.41, 5.74) is 1.09. The predicted octanol–water partition coefficient (Wildman–Crippen LogP) is 2.93. The van der Waals surface area contributed by atoms with E-state index in [1.54, 1.807) is 12.3 Å². The molecule has 1 N–H and O–H groups in total. The SMILES string of the molecule is CC(Nc1nccc(CCC(F)(F)F)n1)c1ccncn1. The molecule has 21 heavy (non-hydrogen) atoms. The van der Waals surface area contributed by atoms with Crippen molar-refractivity contribution in [3.63, 3.8) is 0 Å². The first-order valence-corrected chi connectivity index (χ1v) is 6.35. The normalized spacial score (nSPS) is 13.0. The largest absolute Gasteiger partial charge is 0.389 e. The number of aryl methyl sites for hydroxylation is 1. The van der Waals surface area contributed by atoms with Crippen LogP contribution < -0.4 is 5.32 Å². The topological polar surface area (TPSA) is 63.6 Å². The highest BCUT2D eigenvalue weighted by atomic mass is 19.4. The van der Waals surface area contributed by atoms with Gasteiger partial charge in [0.05, 0.1) is 11.7 Å². The number of anilines is 1. The third-order valence-corrected chi connectivity index (χ3v) is 2.77. The first-order chi connectivity index (χ1) is 9.94. The molecule has 0 aliphatic carbocycles. The van der Waals surface area contributed by atoms with E-state index in [2.05, 4.69) is 25.3 Å². The molecule has 0 saturated heterocycles. The highest BCUT2D eigenvalue weighted by molar-refractivity contribution is 5.29. The van der Waals surface area contributed by atoms with Crippen LogP contribution in [0.3, 0.4) is 0 Å². The van der Waals surface area contributed by atoms with Crippen molar-refractivity contribution in [2.75, 3.05) is 5.32 Å². The molecule has 0 saturated carbocycles. The zero-order valence-electron chi connectivity index (χ0n) is 11.3. The summed E-state index contributed by atoms with van der Waals surface area (Å²) in [6.45, 7) is 1.86. The Kier molecular flexibility index (Phi) is 4.66. The van der Waals surface area contributed by atoms with E-state index in [4.69, 9.17) is 0 Å².